The number of halogens is 1. The predicted molar refractivity (Wildman–Crippen MR) is 101 cm³/mol. The van der Waals surface area contributed by atoms with Gasteiger partial charge in [-0.05, 0) is 32.3 Å². The first-order valence-electron chi connectivity index (χ1n) is 8.67. The van der Waals surface area contributed by atoms with Crippen molar-refractivity contribution in [3.05, 3.63) is 47.2 Å². The van der Waals surface area contributed by atoms with E-state index in [0.29, 0.717) is 24.4 Å². The second kappa shape index (κ2) is 9.61. The molecule has 6 heteroatoms. The fourth-order valence-corrected chi connectivity index (χ4v) is 3.36. The molecule has 0 bridgehead atoms. The zero-order valence-electron chi connectivity index (χ0n) is 14.8. The zero-order valence-corrected chi connectivity index (χ0v) is 16.3. The number of esters is 1. The van der Waals surface area contributed by atoms with Crippen LogP contribution in [0.3, 0.4) is 0 Å². The molecule has 0 spiro atoms. The van der Waals surface area contributed by atoms with Crippen molar-refractivity contribution < 1.29 is 14.3 Å². The Morgan fingerprint density at radius 1 is 1.24 bits per heavy atom. The van der Waals surface area contributed by atoms with Gasteiger partial charge in [0.1, 0.15) is 0 Å². The van der Waals surface area contributed by atoms with Gasteiger partial charge in [-0.25, -0.2) is 9.59 Å². The van der Waals surface area contributed by atoms with Crippen LogP contribution in [0.1, 0.15) is 44.7 Å². The summed E-state index contributed by atoms with van der Waals surface area (Å²) >= 11 is 3.42. The highest BCUT2D eigenvalue weighted by atomic mass is 79.9. The average Bonchev–Trinajstić information content (AvgIpc) is 2.61. The Hall–Kier alpha value is -1.82. The fraction of sp³-hybridized carbons (Fsp3) is 0.474. The van der Waals surface area contributed by atoms with Crippen molar-refractivity contribution in [2.45, 2.75) is 39.2 Å². The van der Waals surface area contributed by atoms with Gasteiger partial charge in [0.15, 0.2) is 0 Å². The van der Waals surface area contributed by atoms with E-state index in [1.807, 2.05) is 37.3 Å². The molecule has 1 aliphatic heterocycles. The van der Waals surface area contributed by atoms with Crippen molar-refractivity contribution in [2.24, 2.45) is 0 Å². The Labute approximate surface area is 157 Å². The smallest absolute Gasteiger partial charge is 0.338 e. The van der Waals surface area contributed by atoms with Crippen LogP contribution in [0, 0.1) is 0 Å². The lowest BCUT2D eigenvalue weighted by molar-refractivity contribution is -0.139. The lowest BCUT2D eigenvalue weighted by atomic mass is 9.95. The molecular formula is C19H25BrN2O3. The van der Waals surface area contributed by atoms with Crippen molar-refractivity contribution >= 4 is 27.9 Å². The molecule has 0 saturated heterocycles. The minimum Gasteiger partial charge on any atom is -0.463 e. The lowest BCUT2D eigenvalue weighted by Gasteiger charge is -2.35. The number of ether oxygens (including phenoxy) is 1. The maximum atomic E-state index is 12.6. The summed E-state index contributed by atoms with van der Waals surface area (Å²) in [6, 6.07) is 8.86. The molecule has 1 heterocycles. The molecule has 0 fully saturated rings. The van der Waals surface area contributed by atoms with E-state index < -0.39 is 6.04 Å². The topological polar surface area (TPSA) is 58.6 Å². The molecule has 0 aromatic heterocycles. The molecule has 0 aliphatic carbocycles. The van der Waals surface area contributed by atoms with Crippen molar-refractivity contribution in [3.63, 3.8) is 0 Å². The number of nitrogens with zero attached hydrogens (tertiary/aromatic N) is 1. The van der Waals surface area contributed by atoms with Gasteiger partial charge in [0.2, 0.25) is 0 Å². The first kappa shape index (κ1) is 19.5. The number of rotatable bonds is 8. The van der Waals surface area contributed by atoms with E-state index in [1.165, 1.54) is 0 Å². The molecule has 2 rings (SSSR count). The summed E-state index contributed by atoms with van der Waals surface area (Å²) in [5, 5.41) is 3.92. The summed E-state index contributed by atoms with van der Waals surface area (Å²) in [5.74, 6) is -0.376. The molecule has 1 atom stereocenters. The number of amides is 2. The molecule has 1 aromatic carbocycles. The van der Waals surface area contributed by atoms with E-state index in [1.54, 1.807) is 11.8 Å². The van der Waals surface area contributed by atoms with Gasteiger partial charge in [-0.1, -0.05) is 52.7 Å². The van der Waals surface area contributed by atoms with Crippen LogP contribution in [0.4, 0.5) is 4.79 Å². The number of hydrogen-bond donors (Lipinski definition) is 1. The van der Waals surface area contributed by atoms with E-state index in [2.05, 4.69) is 21.2 Å². The average molecular weight is 409 g/mol. The minimum absolute atomic E-state index is 0.168. The number of hydrogen-bond acceptors (Lipinski definition) is 3. The van der Waals surface area contributed by atoms with Crippen LogP contribution < -0.4 is 5.32 Å². The van der Waals surface area contributed by atoms with Gasteiger partial charge in [0, 0.05) is 17.6 Å². The van der Waals surface area contributed by atoms with Crippen LogP contribution in [0.15, 0.2) is 41.6 Å². The van der Waals surface area contributed by atoms with Crippen molar-refractivity contribution in [3.8, 4) is 0 Å². The summed E-state index contributed by atoms with van der Waals surface area (Å²) in [6.45, 7) is 4.50. The summed E-state index contributed by atoms with van der Waals surface area (Å²) in [6.07, 6.45) is 2.98. The van der Waals surface area contributed by atoms with Gasteiger partial charge in [-0.3, -0.25) is 4.90 Å². The monoisotopic (exact) mass is 408 g/mol. The number of allylic oxidation sites excluding steroid dienone is 1. The molecular weight excluding hydrogens is 384 g/mol. The van der Waals surface area contributed by atoms with Gasteiger partial charge in [0.25, 0.3) is 0 Å². The minimum atomic E-state index is -0.480. The fourth-order valence-electron chi connectivity index (χ4n) is 2.96. The van der Waals surface area contributed by atoms with Gasteiger partial charge in [-0.15, -0.1) is 0 Å². The molecule has 1 aliphatic rings. The van der Waals surface area contributed by atoms with Gasteiger partial charge in [0.05, 0.1) is 18.2 Å². The standard InChI is InChI=1S/C19H25BrN2O3/c1-3-25-18(23)16-14(2)22(13-9-5-8-12-20)19(24)21-17(16)15-10-6-4-7-11-15/h4,6-7,10-11,17H,3,5,8-9,12-13H2,1-2H3,(H,21,24). The Bertz CT molecular complexity index is 631. The highest BCUT2D eigenvalue weighted by Gasteiger charge is 2.35. The third-order valence-electron chi connectivity index (χ3n) is 4.24. The first-order valence-corrected chi connectivity index (χ1v) is 9.79. The Morgan fingerprint density at radius 3 is 2.60 bits per heavy atom. The first-order chi connectivity index (χ1) is 12.1. The number of unbranched alkanes of at least 4 members (excludes halogenated alkanes) is 2. The van der Waals surface area contributed by atoms with Crippen LogP contribution >= 0.6 is 15.9 Å². The molecule has 1 aromatic rings. The number of urea groups is 1. The van der Waals surface area contributed by atoms with E-state index in [0.717, 1.165) is 30.2 Å². The zero-order chi connectivity index (χ0) is 18.2. The lowest BCUT2D eigenvalue weighted by Crippen LogP contribution is -2.48. The van der Waals surface area contributed by atoms with Crippen molar-refractivity contribution in [1.82, 2.24) is 10.2 Å². The maximum Gasteiger partial charge on any atom is 0.338 e. The van der Waals surface area contributed by atoms with Crippen molar-refractivity contribution in [1.29, 1.82) is 0 Å². The number of carbonyl (C=O) groups excluding carboxylic acids is 2. The van der Waals surface area contributed by atoms with Crippen molar-refractivity contribution in [2.75, 3.05) is 18.5 Å². The molecule has 5 nitrogen and oxygen atoms in total. The predicted octanol–water partition coefficient (Wildman–Crippen LogP) is 4.16. The highest BCUT2D eigenvalue weighted by Crippen LogP contribution is 2.31. The highest BCUT2D eigenvalue weighted by molar-refractivity contribution is 9.09. The van der Waals surface area contributed by atoms with E-state index in [4.69, 9.17) is 4.74 Å². The van der Waals surface area contributed by atoms with E-state index in [-0.39, 0.29) is 12.0 Å². The molecule has 2 amide bonds. The second-order valence-electron chi connectivity index (χ2n) is 5.91. The number of nitrogens with one attached hydrogen (secondary N) is 1. The van der Waals surface area contributed by atoms with Crippen LogP contribution in [0.2, 0.25) is 0 Å². The maximum absolute atomic E-state index is 12.6. The molecule has 0 saturated carbocycles. The number of alkyl halides is 1. The quantitative estimate of drug-likeness (QED) is 0.399. The molecule has 1 N–H and O–H groups in total. The Kier molecular flexibility index (Phi) is 7.50. The molecule has 136 valence electrons. The molecule has 0 radical (unpaired) electrons. The van der Waals surface area contributed by atoms with Crippen LogP contribution in [0.25, 0.3) is 0 Å². The summed E-state index contributed by atoms with van der Waals surface area (Å²) in [4.78, 5) is 26.8. The van der Waals surface area contributed by atoms with Crippen LogP contribution in [-0.4, -0.2) is 35.4 Å². The molecule has 25 heavy (non-hydrogen) atoms. The largest absolute Gasteiger partial charge is 0.463 e. The number of carbonyl (C=O) groups is 2. The summed E-state index contributed by atoms with van der Waals surface area (Å²) in [5.41, 5.74) is 2.06. The van der Waals surface area contributed by atoms with E-state index >= 15 is 0 Å². The van der Waals surface area contributed by atoms with Crippen LogP contribution in [-0.2, 0) is 9.53 Å². The third kappa shape index (κ3) is 4.84. The second-order valence-corrected chi connectivity index (χ2v) is 6.71. The number of benzene rings is 1. The van der Waals surface area contributed by atoms with E-state index in [9.17, 15) is 9.59 Å². The third-order valence-corrected chi connectivity index (χ3v) is 4.80. The SMILES string of the molecule is CCOC(=O)C1=C(C)N(CCCCCBr)C(=O)NC1c1ccccc1. The summed E-state index contributed by atoms with van der Waals surface area (Å²) < 4.78 is 5.25. The Morgan fingerprint density at radius 2 is 1.96 bits per heavy atom. The van der Waals surface area contributed by atoms with Gasteiger partial charge in [-0.2, -0.15) is 0 Å². The molecule has 1 unspecified atom stereocenters. The normalized spacial score (nSPS) is 17.5. The van der Waals surface area contributed by atoms with Gasteiger partial charge < -0.3 is 10.1 Å². The summed E-state index contributed by atoms with van der Waals surface area (Å²) in [7, 11) is 0. The van der Waals surface area contributed by atoms with Gasteiger partial charge >= 0.3 is 12.0 Å². The Balaban J connectivity index is 2.31. The van der Waals surface area contributed by atoms with Crippen LogP contribution in [0.5, 0.6) is 0 Å².